The highest BCUT2D eigenvalue weighted by molar-refractivity contribution is 6.06. The molecule has 1 unspecified atom stereocenters. The Kier molecular flexibility index (Phi) is 7.51. The van der Waals surface area contributed by atoms with Gasteiger partial charge in [-0.3, -0.25) is 0 Å². The van der Waals surface area contributed by atoms with Gasteiger partial charge in [0.25, 0.3) is 0 Å². The van der Waals surface area contributed by atoms with Gasteiger partial charge in [-0.2, -0.15) is 4.99 Å². The third-order valence-electron chi connectivity index (χ3n) is 3.48. The first kappa shape index (κ1) is 19.3. The van der Waals surface area contributed by atoms with Crippen LogP contribution in [-0.2, 0) is 20.9 Å². The monoisotopic (exact) mass is 355 g/mol. The van der Waals surface area contributed by atoms with E-state index in [-0.39, 0.29) is 25.3 Å². The molecule has 2 aromatic rings. The number of ether oxygens (including phenoxy) is 2. The average molecular weight is 355 g/mol. The predicted molar refractivity (Wildman–Crippen MR) is 96.9 cm³/mol. The lowest BCUT2D eigenvalue weighted by molar-refractivity contribution is -0.152. The van der Waals surface area contributed by atoms with Crippen LogP contribution >= 0.6 is 0 Å². The number of rotatable bonds is 7. The van der Waals surface area contributed by atoms with Crippen molar-refractivity contribution in [3.63, 3.8) is 0 Å². The Bertz CT molecular complexity index is 743. The zero-order valence-corrected chi connectivity index (χ0v) is 14.5. The van der Waals surface area contributed by atoms with Crippen LogP contribution in [0.3, 0.4) is 0 Å². The molecule has 136 valence electrons. The van der Waals surface area contributed by atoms with E-state index in [1.54, 1.807) is 31.2 Å². The van der Waals surface area contributed by atoms with Crippen molar-refractivity contribution < 1.29 is 24.2 Å². The molecular weight excluding hydrogens is 334 g/mol. The molecule has 1 atom stereocenters. The third kappa shape index (κ3) is 6.14. The lowest BCUT2D eigenvalue weighted by Gasteiger charge is -2.12. The van der Waals surface area contributed by atoms with E-state index in [4.69, 9.17) is 9.47 Å². The van der Waals surface area contributed by atoms with E-state index >= 15 is 0 Å². The van der Waals surface area contributed by atoms with Crippen LogP contribution in [-0.4, -0.2) is 35.6 Å². The van der Waals surface area contributed by atoms with Gasteiger partial charge in [0, 0.05) is 6.42 Å². The molecule has 0 saturated carbocycles. The lowest BCUT2D eigenvalue weighted by atomic mass is 10.0. The van der Waals surface area contributed by atoms with Crippen LogP contribution in [0.25, 0.3) is 0 Å². The van der Waals surface area contributed by atoms with Gasteiger partial charge in [0.15, 0.2) is 6.10 Å². The number of esters is 1. The van der Waals surface area contributed by atoms with Crippen molar-refractivity contribution in [2.45, 2.75) is 26.1 Å². The van der Waals surface area contributed by atoms with Crippen LogP contribution in [0.1, 0.15) is 24.5 Å². The van der Waals surface area contributed by atoms with Crippen LogP contribution < -0.4 is 0 Å². The van der Waals surface area contributed by atoms with E-state index in [0.29, 0.717) is 5.56 Å². The molecule has 0 aromatic heterocycles. The number of aliphatic hydroxyl groups is 1. The Morgan fingerprint density at radius 2 is 1.62 bits per heavy atom. The summed E-state index contributed by atoms with van der Waals surface area (Å²) in [5.74, 6) is -0.756. The van der Waals surface area contributed by atoms with Crippen LogP contribution in [0.2, 0.25) is 0 Å². The molecule has 0 aliphatic heterocycles. The SMILES string of the molecule is CCOC(=O)C(O)C/C(=N/C(=O)OCc1ccccc1)c1ccccc1. The van der Waals surface area contributed by atoms with Gasteiger partial charge < -0.3 is 14.6 Å². The summed E-state index contributed by atoms with van der Waals surface area (Å²) in [6, 6.07) is 18.1. The van der Waals surface area contributed by atoms with Gasteiger partial charge in [0.2, 0.25) is 0 Å². The molecule has 1 amide bonds. The second kappa shape index (κ2) is 10.1. The predicted octanol–water partition coefficient (Wildman–Crippen LogP) is 3.13. The summed E-state index contributed by atoms with van der Waals surface area (Å²) in [5, 5.41) is 9.99. The van der Waals surface area contributed by atoms with Gasteiger partial charge in [-0.15, -0.1) is 0 Å². The van der Waals surface area contributed by atoms with Gasteiger partial charge in [0.1, 0.15) is 6.61 Å². The second-order valence-corrected chi connectivity index (χ2v) is 5.44. The summed E-state index contributed by atoms with van der Waals surface area (Å²) >= 11 is 0. The molecular formula is C20H21NO5. The number of hydrogen-bond donors (Lipinski definition) is 1. The number of carbonyl (C=O) groups is 2. The molecule has 6 heteroatoms. The number of benzene rings is 2. The molecule has 6 nitrogen and oxygen atoms in total. The Balaban J connectivity index is 2.10. The number of aliphatic hydroxyl groups excluding tert-OH is 1. The molecule has 0 spiro atoms. The Morgan fingerprint density at radius 1 is 1.00 bits per heavy atom. The smallest absolute Gasteiger partial charge is 0.434 e. The van der Waals surface area contributed by atoms with E-state index in [1.165, 1.54) is 0 Å². The highest BCUT2D eigenvalue weighted by Gasteiger charge is 2.20. The van der Waals surface area contributed by atoms with E-state index in [0.717, 1.165) is 5.56 Å². The summed E-state index contributed by atoms with van der Waals surface area (Å²) in [4.78, 5) is 27.7. The Morgan fingerprint density at radius 3 is 2.23 bits per heavy atom. The first-order valence-electron chi connectivity index (χ1n) is 8.28. The second-order valence-electron chi connectivity index (χ2n) is 5.44. The number of amides is 1. The quantitative estimate of drug-likeness (QED) is 0.609. The van der Waals surface area contributed by atoms with Crippen molar-refractivity contribution in [3.8, 4) is 0 Å². The van der Waals surface area contributed by atoms with Crippen LogP contribution in [0.5, 0.6) is 0 Å². The summed E-state index contributed by atoms with van der Waals surface area (Å²) in [5.41, 5.74) is 1.71. The van der Waals surface area contributed by atoms with Crippen LogP contribution in [0.15, 0.2) is 65.7 Å². The minimum Gasteiger partial charge on any atom is -0.464 e. The van der Waals surface area contributed by atoms with E-state index in [1.807, 2.05) is 36.4 Å². The van der Waals surface area contributed by atoms with E-state index < -0.39 is 18.2 Å². The van der Waals surface area contributed by atoms with Crippen LogP contribution in [0.4, 0.5) is 4.79 Å². The van der Waals surface area contributed by atoms with Gasteiger partial charge in [-0.1, -0.05) is 60.7 Å². The minimum absolute atomic E-state index is 0.0890. The van der Waals surface area contributed by atoms with E-state index in [2.05, 4.69) is 4.99 Å². The molecule has 2 rings (SSSR count). The van der Waals surface area contributed by atoms with Crippen molar-refractivity contribution in [3.05, 3.63) is 71.8 Å². The first-order valence-corrected chi connectivity index (χ1v) is 8.28. The highest BCUT2D eigenvalue weighted by Crippen LogP contribution is 2.10. The molecule has 0 saturated heterocycles. The molecule has 0 aliphatic carbocycles. The number of carbonyl (C=O) groups excluding carboxylic acids is 2. The maximum atomic E-state index is 12.1. The first-order chi connectivity index (χ1) is 12.6. The molecule has 0 radical (unpaired) electrons. The fourth-order valence-corrected chi connectivity index (χ4v) is 2.23. The summed E-state index contributed by atoms with van der Waals surface area (Å²) < 4.78 is 9.94. The van der Waals surface area contributed by atoms with E-state index in [9.17, 15) is 14.7 Å². The van der Waals surface area contributed by atoms with Gasteiger partial charge in [-0.05, 0) is 18.1 Å². The largest absolute Gasteiger partial charge is 0.464 e. The topological polar surface area (TPSA) is 85.2 Å². The zero-order chi connectivity index (χ0) is 18.8. The fourth-order valence-electron chi connectivity index (χ4n) is 2.23. The Hall–Kier alpha value is -2.99. The normalized spacial score (nSPS) is 12.3. The summed E-state index contributed by atoms with van der Waals surface area (Å²) in [6.07, 6.45) is -2.34. The zero-order valence-electron chi connectivity index (χ0n) is 14.5. The molecule has 0 bridgehead atoms. The fraction of sp³-hybridized carbons (Fsp3) is 0.250. The average Bonchev–Trinajstić information content (AvgIpc) is 2.67. The number of nitrogens with zero attached hydrogens (tertiary/aromatic N) is 1. The highest BCUT2D eigenvalue weighted by atomic mass is 16.5. The molecule has 26 heavy (non-hydrogen) atoms. The molecule has 0 heterocycles. The molecule has 0 fully saturated rings. The molecule has 1 N–H and O–H groups in total. The van der Waals surface area contributed by atoms with Crippen molar-refractivity contribution in [2.75, 3.05) is 6.61 Å². The number of hydrogen-bond acceptors (Lipinski definition) is 5. The standard InChI is InChI=1S/C20H21NO5/c1-2-25-19(23)18(22)13-17(16-11-7-4-8-12-16)21-20(24)26-14-15-9-5-3-6-10-15/h3-12,18,22H,2,13-14H2,1H3/b21-17-. The van der Waals surface area contributed by atoms with Gasteiger partial charge in [0.05, 0.1) is 12.3 Å². The minimum atomic E-state index is -1.41. The summed E-state index contributed by atoms with van der Waals surface area (Å²) in [7, 11) is 0. The molecule has 2 aromatic carbocycles. The van der Waals surface area contributed by atoms with Gasteiger partial charge >= 0.3 is 12.1 Å². The van der Waals surface area contributed by atoms with Crippen molar-refractivity contribution in [1.82, 2.24) is 0 Å². The lowest BCUT2D eigenvalue weighted by Crippen LogP contribution is -2.26. The number of aliphatic imine (C=N–C) groups is 1. The van der Waals surface area contributed by atoms with Gasteiger partial charge in [-0.25, -0.2) is 9.59 Å². The maximum Gasteiger partial charge on any atom is 0.434 e. The van der Waals surface area contributed by atoms with Crippen molar-refractivity contribution in [1.29, 1.82) is 0 Å². The Labute approximate surface area is 152 Å². The third-order valence-corrected chi connectivity index (χ3v) is 3.48. The maximum absolute atomic E-state index is 12.1. The van der Waals surface area contributed by atoms with Crippen molar-refractivity contribution in [2.24, 2.45) is 4.99 Å². The van der Waals surface area contributed by atoms with Crippen LogP contribution in [0, 0.1) is 0 Å². The summed E-state index contributed by atoms with van der Waals surface area (Å²) in [6.45, 7) is 1.90. The molecule has 0 aliphatic rings. The van der Waals surface area contributed by atoms with Crippen molar-refractivity contribution >= 4 is 17.8 Å².